The molecule has 0 spiro atoms. The van der Waals surface area contributed by atoms with Gasteiger partial charge in [-0.3, -0.25) is 14.2 Å². The highest BCUT2D eigenvalue weighted by atomic mass is 35.5. The van der Waals surface area contributed by atoms with Crippen molar-refractivity contribution in [2.24, 2.45) is 5.92 Å². The Balaban J connectivity index is 1.14. The molecule has 0 saturated carbocycles. The monoisotopic (exact) mass is 468 g/mol. The highest BCUT2D eigenvalue weighted by molar-refractivity contribution is 6.30. The molecule has 1 aromatic carbocycles. The fraction of sp³-hybridized carbons (Fsp3) is 0.480. The van der Waals surface area contributed by atoms with E-state index in [1.807, 2.05) is 51.2 Å². The van der Waals surface area contributed by atoms with Crippen LogP contribution in [0.1, 0.15) is 36.9 Å². The van der Waals surface area contributed by atoms with Crippen molar-refractivity contribution in [1.82, 2.24) is 19.3 Å². The van der Waals surface area contributed by atoms with E-state index in [9.17, 15) is 14.4 Å². The van der Waals surface area contributed by atoms with E-state index in [0.29, 0.717) is 44.2 Å². The molecule has 5 rings (SSSR count). The molecule has 0 N–H and O–H groups in total. The Kier molecular flexibility index (Phi) is 6.15. The van der Waals surface area contributed by atoms with Crippen LogP contribution in [0.5, 0.6) is 0 Å². The van der Waals surface area contributed by atoms with Crippen molar-refractivity contribution in [2.45, 2.75) is 44.7 Å². The molecule has 8 heteroatoms. The van der Waals surface area contributed by atoms with Gasteiger partial charge in [-0.1, -0.05) is 23.7 Å². The quantitative estimate of drug-likeness (QED) is 0.690. The third kappa shape index (κ3) is 4.51. The summed E-state index contributed by atoms with van der Waals surface area (Å²) < 4.78 is 1.72. The Bertz CT molecular complexity index is 1060. The number of hydrogen-bond acceptors (Lipinski definition) is 3. The number of carbonyl (C=O) groups is 3. The summed E-state index contributed by atoms with van der Waals surface area (Å²) >= 11 is 6.04. The van der Waals surface area contributed by atoms with Crippen LogP contribution >= 0.6 is 11.6 Å². The van der Waals surface area contributed by atoms with Gasteiger partial charge in [0.15, 0.2) is 0 Å². The van der Waals surface area contributed by atoms with Gasteiger partial charge in [-0.2, -0.15) is 0 Å². The Morgan fingerprint density at radius 1 is 1.00 bits per heavy atom. The van der Waals surface area contributed by atoms with Crippen LogP contribution in [0.25, 0.3) is 0 Å². The highest BCUT2D eigenvalue weighted by Crippen LogP contribution is 2.27. The van der Waals surface area contributed by atoms with E-state index >= 15 is 0 Å². The van der Waals surface area contributed by atoms with Crippen molar-refractivity contribution in [3.05, 3.63) is 58.9 Å². The molecule has 0 bridgehead atoms. The largest absolute Gasteiger partial charge is 0.342 e. The van der Waals surface area contributed by atoms with Crippen molar-refractivity contribution in [1.29, 1.82) is 0 Å². The number of hydrogen-bond donors (Lipinski definition) is 0. The Morgan fingerprint density at radius 3 is 2.58 bits per heavy atom. The van der Waals surface area contributed by atoms with E-state index in [-0.39, 0.29) is 29.8 Å². The normalized spacial score (nSPS) is 21.4. The first kappa shape index (κ1) is 22.0. The molecule has 1 atom stereocenters. The predicted octanol–water partition coefficient (Wildman–Crippen LogP) is 3.40. The number of nitrogens with zero attached hydrogens (tertiary/aromatic N) is 4. The van der Waals surface area contributed by atoms with Gasteiger partial charge < -0.3 is 14.7 Å². The average Bonchev–Trinajstić information content (AvgIpc) is 3.42. The van der Waals surface area contributed by atoms with Crippen LogP contribution in [-0.2, 0) is 22.6 Å². The average molecular weight is 469 g/mol. The molecule has 0 aliphatic carbocycles. The van der Waals surface area contributed by atoms with Crippen LogP contribution in [0.15, 0.2) is 42.6 Å². The van der Waals surface area contributed by atoms with E-state index in [1.165, 1.54) is 0 Å². The number of likely N-dealkylation sites (tertiary alicyclic amines) is 2. The zero-order valence-corrected chi connectivity index (χ0v) is 19.4. The zero-order chi connectivity index (χ0) is 22.9. The first-order valence-corrected chi connectivity index (χ1v) is 12.2. The van der Waals surface area contributed by atoms with Gasteiger partial charge in [0.25, 0.3) is 0 Å². The third-order valence-corrected chi connectivity index (χ3v) is 7.44. The van der Waals surface area contributed by atoms with Crippen molar-refractivity contribution in [3.8, 4) is 0 Å². The zero-order valence-electron chi connectivity index (χ0n) is 18.7. The minimum Gasteiger partial charge on any atom is -0.342 e. The summed E-state index contributed by atoms with van der Waals surface area (Å²) in [7, 11) is 0. The Labute approximate surface area is 198 Å². The maximum absolute atomic E-state index is 13.2. The topological polar surface area (TPSA) is 65.9 Å². The van der Waals surface area contributed by atoms with Gasteiger partial charge in [-0.15, -0.1) is 0 Å². The van der Waals surface area contributed by atoms with Crippen LogP contribution in [0.2, 0.25) is 5.02 Å². The second-order valence-corrected chi connectivity index (χ2v) is 9.76. The lowest BCUT2D eigenvalue weighted by Crippen LogP contribution is -2.51. The van der Waals surface area contributed by atoms with E-state index in [1.54, 1.807) is 10.6 Å². The number of fused-ring (bicyclic) bond motifs is 1. The molecule has 2 aromatic rings. The smallest absolute Gasteiger partial charge is 0.329 e. The van der Waals surface area contributed by atoms with Crippen LogP contribution in [0, 0.1) is 5.92 Å². The second-order valence-electron chi connectivity index (χ2n) is 9.32. The third-order valence-electron chi connectivity index (χ3n) is 7.20. The fourth-order valence-corrected chi connectivity index (χ4v) is 5.61. The van der Waals surface area contributed by atoms with Gasteiger partial charge in [0.05, 0.1) is 18.9 Å². The lowest BCUT2D eigenvalue weighted by Gasteiger charge is -2.39. The lowest BCUT2D eigenvalue weighted by molar-refractivity contribution is -0.141. The number of aromatic nitrogens is 1. The number of rotatable bonds is 4. The summed E-state index contributed by atoms with van der Waals surface area (Å²) in [4.78, 5) is 44.4. The molecule has 3 aliphatic rings. The summed E-state index contributed by atoms with van der Waals surface area (Å²) in [6.45, 7) is 3.16. The van der Waals surface area contributed by atoms with E-state index in [0.717, 1.165) is 36.9 Å². The standard InChI is InChI=1S/C25H29ClN4O3/c26-20-6-1-4-18(14-20)15-23(31)28-10-2-5-19(16-28)24(32)27-12-8-21(9-13-27)30-17-22-7-3-11-29(22)25(30)33/h1,3-4,6-7,11,14,19,21H,2,5,8-10,12-13,15-17H2. The summed E-state index contributed by atoms with van der Waals surface area (Å²) in [6, 6.07) is 11.5. The maximum Gasteiger partial charge on any atom is 0.329 e. The first-order valence-electron chi connectivity index (χ1n) is 11.8. The lowest BCUT2D eigenvalue weighted by atomic mass is 9.94. The minimum absolute atomic E-state index is 0.0425. The SMILES string of the molecule is O=C(Cc1cccc(Cl)c1)N1CCCC(C(=O)N2CCC(N3Cc4cccn4C3=O)CC2)C1. The summed E-state index contributed by atoms with van der Waals surface area (Å²) in [6.07, 6.45) is 5.38. The second kappa shape index (κ2) is 9.21. The molecule has 2 saturated heterocycles. The number of benzene rings is 1. The van der Waals surface area contributed by atoms with Crippen molar-refractivity contribution in [2.75, 3.05) is 26.2 Å². The molecule has 2 fully saturated rings. The van der Waals surface area contributed by atoms with E-state index in [2.05, 4.69) is 0 Å². The summed E-state index contributed by atoms with van der Waals surface area (Å²) in [5, 5.41) is 0.625. The molecule has 174 valence electrons. The Morgan fingerprint density at radius 2 is 1.82 bits per heavy atom. The highest BCUT2D eigenvalue weighted by Gasteiger charge is 2.37. The number of halogens is 1. The van der Waals surface area contributed by atoms with Crippen LogP contribution < -0.4 is 0 Å². The molecule has 1 aromatic heterocycles. The van der Waals surface area contributed by atoms with E-state index in [4.69, 9.17) is 11.6 Å². The molecule has 4 heterocycles. The molecule has 7 nitrogen and oxygen atoms in total. The maximum atomic E-state index is 13.2. The molecule has 3 amide bonds. The van der Waals surface area contributed by atoms with Gasteiger partial charge in [0.2, 0.25) is 11.8 Å². The van der Waals surface area contributed by atoms with Crippen LogP contribution in [0.3, 0.4) is 0 Å². The first-order chi connectivity index (χ1) is 16.0. The van der Waals surface area contributed by atoms with Gasteiger partial charge in [-0.05, 0) is 55.5 Å². The Hall–Kier alpha value is -2.80. The van der Waals surface area contributed by atoms with Crippen molar-refractivity contribution >= 4 is 29.4 Å². The number of carbonyl (C=O) groups excluding carboxylic acids is 3. The fourth-order valence-electron chi connectivity index (χ4n) is 5.39. The summed E-state index contributed by atoms with van der Waals surface area (Å²) in [5.74, 6) is 0.0467. The molecular weight excluding hydrogens is 440 g/mol. The van der Waals surface area contributed by atoms with Gasteiger partial charge in [0, 0.05) is 49.1 Å². The van der Waals surface area contributed by atoms with Crippen molar-refractivity contribution in [3.63, 3.8) is 0 Å². The molecular formula is C25H29ClN4O3. The van der Waals surface area contributed by atoms with Gasteiger partial charge >= 0.3 is 6.03 Å². The summed E-state index contributed by atoms with van der Waals surface area (Å²) in [5.41, 5.74) is 1.93. The molecule has 3 aliphatic heterocycles. The predicted molar refractivity (Wildman–Crippen MR) is 125 cm³/mol. The van der Waals surface area contributed by atoms with E-state index < -0.39 is 0 Å². The van der Waals surface area contributed by atoms with Gasteiger partial charge in [-0.25, -0.2) is 4.79 Å². The van der Waals surface area contributed by atoms with Crippen molar-refractivity contribution < 1.29 is 14.4 Å². The molecule has 1 unspecified atom stereocenters. The number of amides is 3. The molecule has 33 heavy (non-hydrogen) atoms. The van der Waals surface area contributed by atoms with Crippen LogP contribution in [-0.4, -0.2) is 69.3 Å². The molecule has 0 radical (unpaired) electrons. The number of piperidine rings is 2. The van der Waals surface area contributed by atoms with Gasteiger partial charge in [0.1, 0.15) is 0 Å². The van der Waals surface area contributed by atoms with Crippen LogP contribution in [0.4, 0.5) is 4.79 Å². The minimum atomic E-state index is -0.146.